The molecule has 1 aromatic rings. The summed E-state index contributed by atoms with van der Waals surface area (Å²) < 4.78 is 0. The number of rotatable bonds is 3. The summed E-state index contributed by atoms with van der Waals surface area (Å²) >= 11 is 0. The van der Waals surface area contributed by atoms with Crippen LogP contribution in [0.5, 0.6) is 0 Å². The van der Waals surface area contributed by atoms with Gasteiger partial charge in [0.15, 0.2) is 0 Å². The summed E-state index contributed by atoms with van der Waals surface area (Å²) in [4.78, 5) is 14.3. The highest BCUT2D eigenvalue weighted by molar-refractivity contribution is 5.78. The van der Waals surface area contributed by atoms with Crippen LogP contribution < -0.4 is 0 Å². The molecule has 1 saturated heterocycles. The lowest BCUT2D eigenvalue weighted by molar-refractivity contribution is -0.135. The molecular formula is C16H23NO. The maximum Gasteiger partial charge on any atom is 0.225 e. The molecule has 0 radical (unpaired) electrons. The molecule has 1 aliphatic rings. The zero-order chi connectivity index (χ0) is 13.1. The van der Waals surface area contributed by atoms with Crippen LogP contribution in [-0.2, 0) is 11.2 Å². The Morgan fingerprint density at radius 1 is 1.33 bits per heavy atom. The number of amides is 1. The van der Waals surface area contributed by atoms with Crippen molar-refractivity contribution in [3.63, 3.8) is 0 Å². The number of hydrogen-bond acceptors (Lipinski definition) is 1. The van der Waals surface area contributed by atoms with Crippen molar-refractivity contribution >= 4 is 5.91 Å². The van der Waals surface area contributed by atoms with E-state index in [4.69, 9.17) is 0 Å². The van der Waals surface area contributed by atoms with E-state index in [1.54, 1.807) is 0 Å². The number of carbonyl (C=O) groups is 1. The number of carbonyl (C=O) groups excluding carboxylic acids is 1. The highest BCUT2D eigenvalue weighted by Gasteiger charge is 2.33. The van der Waals surface area contributed by atoms with Gasteiger partial charge in [-0.05, 0) is 24.3 Å². The minimum atomic E-state index is 0.105. The first-order valence-electron chi connectivity index (χ1n) is 6.92. The first-order chi connectivity index (χ1) is 8.58. The van der Waals surface area contributed by atoms with Gasteiger partial charge < -0.3 is 4.90 Å². The topological polar surface area (TPSA) is 20.3 Å². The molecule has 2 nitrogen and oxygen atoms in total. The van der Waals surface area contributed by atoms with Gasteiger partial charge in [-0.15, -0.1) is 0 Å². The lowest BCUT2D eigenvalue weighted by atomic mass is 10.0. The molecule has 1 amide bonds. The zero-order valence-corrected chi connectivity index (χ0v) is 11.6. The largest absolute Gasteiger partial charge is 0.339 e. The van der Waals surface area contributed by atoms with E-state index in [9.17, 15) is 4.79 Å². The molecule has 98 valence electrons. The Bertz CT molecular complexity index is 399. The molecule has 0 aromatic heterocycles. The second kappa shape index (κ2) is 5.55. The summed E-state index contributed by atoms with van der Waals surface area (Å²) in [5, 5.41) is 0. The smallest absolute Gasteiger partial charge is 0.225 e. The molecular weight excluding hydrogens is 222 g/mol. The molecule has 18 heavy (non-hydrogen) atoms. The summed E-state index contributed by atoms with van der Waals surface area (Å²) in [5.41, 5.74) is 1.33. The van der Waals surface area contributed by atoms with E-state index in [0.29, 0.717) is 17.9 Å². The van der Waals surface area contributed by atoms with Gasteiger partial charge in [0.25, 0.3) is 0 Å². The molecule has 0 N–H and O–H groups in total. The van der Waals surface area contributed by atoms with Crippen LogP contribution in [-0.4, -0.2) is 23.4 Å². The molecule has 1 aromatic carbocycles. The first kappa shape index (κ1) is 13.1. The van der Waals surface area contributed by atoms with Crippen LogP contribution >= 0.6 is 0 Å². The highest BCUT2D eigenvalue weighted by Crippen LogP contribution is 2.27. The van der Waals surface area contributed by atoms with Crippen molar-refractivity contribution in [3.05, 3.63) is 35.9 Å². The van der Waals surface area contributed by atoms with Gasteiger partial charge in [-0.25, -0.2) is 0 Å². The number of hydrogen-bond donors (Lipinski definition) is 0. The normalized spacial score (nSPS) is 23.7. The lowest BCUT2D eigenvalue weighted by Crippen LogP contribution is -2.39. The van der Waals surface area contributed by atoms with E-state index >= 15 is 0 Å². The first-order valence-corrected chi connectivity index (χ1v) is 6.92. The second-order valence-corrected chi connectivity index (χ2v) is 5.83. The summed E-state index contributed by atoms with van der Waals surface area (Å²) in [7, 11) is 0. The molecule has 1 aliphatic heterocycles. The number of nitrogens with zero attached hydrogens (tertiary/aromatic N) is 1. The molecule has 2 rings (SSSR count). The molecule has 1 heterocycles. The SMILES string of the molecule is CC(C)C(=O)N1C[C@@H](C)C[C@H]1Cc1ccccc1. The average molecular weight is 245 g/mol. The van der Waals surface area contributed by atoms with E-state index in [-0.39, 0.29) is 5.92 Å². The van der Waals surface area contributed by atoms with Crippen molar-refractivity contribution in [1.82, 2.24) is 4.90 Å². The Hall–Kier alpha value is -1.31. The number of benzene rings is 1. The number of likely N-dealkylation sites (tertiary alicyclic amines) is 1. The highest BCUT2D eigenvalue weighted by atomic mass is 16.2. The van der Waals surface area contributed by atoms with Crippen molar-refractivity contribution in [2.75, 3.05) is 6.54 Å². The van der Waals surface area contributed by atoms with Gasteiger partial charge in [-0.2, -0.15) is 0 Å². The molecule has 0 aliphatic carbocycles. The fourth-order valence-corrected chi connectivity index (χ4v) is 2.83. The molecule has 1 fully saturated rings. The monoisotopic (exact) mass is 245 g/mol. The molecule has 2 atom stereocenters. The third-order valence-electron chi connectivity index (χ3n) is 3.71. The van der Waals surface area contributed by atoms with Gasteiger partial charge in [0.05, 0.1) is 0 Å². The maximum atomic E-state index is 12.2. The van der Waals surface area contributed by atoms with Crippen molar-refractivity contribution in [1.29, 1.82) is 0 Å². The fraction of sp³-hybridized carbons (Fsp3) is 0.562. The van der Waals surface area contributed by atoms with Crippen LogP contribution in [0.3, 0.4) is 0 Å². The Balaban J connectivity index is 2.08. The zero-order valence-electron chi connectivity index (χ0n) is 11.6. The summed E-state index contributed by atoms with van der Waals surface area (Å²) in [6.07, 6.45) is 2.12. The second-order valence-electron chi connectivity index (χ2n) is 5.83. The van der Waals surface area contributed by atoms with Gasteiger partial charge in [-0.1, -0.05) is 51.1 Å². The fourth-order valence-electron chi connectivity index (χ4n) is 2.83. The predicted octanol–water partition coefficient (Wildman–Crippen LogP) is 3.12. The standard InChI is InChI=1S/C16H23NO/c1-12(2)16(18)17-11-13(3)9-15(17)10-14-7-5-4-6-8-14/h4-8,12-13,15H,9-11H2,1-3H3/t13-,15-/m0/s1. The Labute approximate surface area is 110 Å². The van der Waals surface area contributed by atoms with Gasteiger partial charge in [0.2, 0.25) is 5.91 Å². The van der Waals surface area contributed by atoms with Crippen LogP contribution in [0.15, 0.2) is 30.3 Å². The van der Waals surface area contributed by atoms with Crippen LogP contribution in [0.1, 0.15) is 32.8 Å². The average Bonchev–Trinajstić information content (AvgIpc) is 2.70. The molecule has 0 saturated carbocycles. The maximum absolute atomic E-state index is 12.2. The Morgan fingerprint density at radius 2 is 2.00 bits per heavy atom. The van der Waals surface area contributed by atoms with Crippen molar-refractivity contribution in [2.24, 2.45) is 11.8 Å². The van der Waals surface area contributed by atoms with Gasteiger partial charge in [0.1, 0.15) is 0 Å². The van der Waals surface area contributed by atoms with Gasteiger partial charge >= 0.3 is 0 Å². The van der Waals surface area contributed by atoms with E-state index in [1.807, 2.05) is 19.9 Å². The van der Waals surface area contributed by atoms with Crippen molar-refractivity contribution < 1.29 is 4.79 Å². The minimum absolute atomic E-state index is 0.105. The van der Waals surface area contributed by atoms with E-state index in [0.717, 1.165) is 19.4 Å². The van der Waals surface area contributed by atoms with Crippen LogP contribution in [0, 0.1) is 11.8 Å². The molecule has 0 unspecified atom stereocenters. The van der Waals surface area contributed by atoms with Gasteiger partial charge in [0, 0.05) is 18.5 Å². The van der Waals surface area contributed by atoms with Crippen LogP contribution in [0.4, 0.5) is 0 Å². The quantitative estimate of drug-likeness (QED) is 0.801. The summed E-state index contributed by atoms with van der Waals surface area (Å²) in [6, 6.07) is 10.9. The van der Waals surface area contributed by atoms with E-state index in [2.05, 4.69) is 36.1 Å². The van der Waals surface area contributed by atoms with Gasteiger partial charge in [-0.3, -0.25) is 4.79 Å². The van der Waals surface area contributed by atoms with Crippen molar-refractivity contribution in [3.8, 4) is 0 Å². The molecule has 0 bridgehead atoms. The van der Waals surface area contributed by atoms with E-state index in [1.165, 1.54) is 5.56 Å². The molecule has 2 heteroatoms. The third-order valence-corrected chi connectivity index (χ3v) is 3.71. The van der Waals surface area contributed by atoms with Crippen LogP contribution in [0.2, 0.25) is 0 Å². The third kappa shape index (κ3) is 2.92. The lowest BCUT2D eigenvalue weighted by Gasteiger charge is -2.26. The Kier molecular flexibility index (Phi) is 4.05. The molecule has 0 spiro atoms. The van der Waals surface area contributed by atoms with Crippen molar-refractivity contribution in [2.45, 2.75) is 39.7 Å². The summed E-state index contributed by atoms with van der Waals surface area (Å²) in [6.45, 7) is 7.15. The van der Waals surface area contributed by atoms with E-state index < -0.39 is 0 Å². The predicted molar refractivity (Wildman–Crippen MR) is 74.3 cm³/mol. The van der Waals surface area contributed by atoms with Crippen LogP contribution in [0.25, 0.3) is 0 Å². The minimum Gasteiger partial charge on any atom is -0.339 e. The summed E-state index contributed by atoms with van der Waals surface area (Å²) in [5.74, 6) is 1.04. The Morgan fingerprint density at radius 3 is 2.61 bits per heavy atom.